The van der Waals surface area contributed by atoms with Crippen molar-refractivity contribution in [3.8, 4) is 0 Å². The van der Waals surface area contributed by atoms with Crippen molar-refractivity contribution in [3.63, 3.8) is 0 Å². The highest BCUT2D eigenvalue weighted by Crippen LogP contribution is 2.46. The van der Waals surface area contributed by atoms with Crippen molar-refractivity contribution < 1.29 is 0 Å². The lowest BCUT2D eigenvalue weighted by atomic mass is 10.0. The lowest BCUT2D eigenvalue weighted by molar-refractivity contribution is 1.30. The summed E-state index contributed by atoms with van der Waals surface area (Å²) in [4.78, 5) is 4.80. The second-order valence-corrected chi connectivity index (χ2v) is 11.0. The van der Waals surface area contributed by atoms with Crippen LogP contribution in [0.5, 0.6) is 0 Å². The molecule has 0 aliphatic heterocycles. The number of rotatable bonds is 6. The van der Waals surface area contributed by atoms with Crippen molar-refractivity contribution >= 4 is 66.4 Å². The molecule has 0 bridgehead atoms. The van der Waals surface area contributed by atoms with E-state index in [0.717, 1.165) is 34.1 Å². The zero-order valence-electron chi connectivity index (χ0n) is 24.2. The second kappa shape index (κ2) is 11.1. The number of hydrogen-bond donors (Lipinski definition) is 0. The van der Waals surface area contributed by atoms with Crippen molar-refractivity contribution in [3.05, 3.63) is 182 Å². The lowest BCUT2D eigenvalue weighted by Gasteiger charge is -2.30. The standard InChI is InChI=1S/C42H30N2/c1-3-19-33(20-4-1)43(39-27-11-17-31-15-7-9-23-35(31)39)41-29-13-26-38-37(41)25-14-30-42(38)44(34-21-5-2-6-22-34)40-28-12-18-32-16-8-10-24-36(32)40/h1-30H. The molecule has 0 unspecified atom stereocenters. The average molecular weight is 563 g/mol. The van der Waals surface area contributed by atoms with E-state index < -0.39 is 0 Å². The number of fused-ring (bicyclic) bond motifs is 3. The topological polar surface area (TPSA) is 6.48 Å². The summed E-state index contributed by atoms with van der Waals surface area (Å²) in [6, 6.07) is 65.1. The minimum absolute atomic E-state index is 1.12. The van der Waals surface area contributed by atoms with Crippen molar-refractivity contribution in [2.75, 3.05) is 9.80 Å². The molecule has 0 heterocycles. The molecule has 0 saturated heterocycles. The molecular weight excluding hydrogens is 532 g/mol. The molecule has 0 fully saturated rings. The molecule has 0 N–H and O–H groups in total. The van der Waals surface area contributed by atoms with Gasteiger partial charge in [0.2, 0.25) is 0 Å². The van der Waals surface area contributed by atoms with Crippen LogP contribution in [0.2, 0.25) is 0 Å². The average Bonchev–Trinajstić information content (AvgIpc) is 3.10. The lowest BCUT2D eigenvalue weighted by Crippen LogP contribution is -2.13. The number of nitrogens with zero attached hydrogens (tertiary/aromatic N) is 2. The molecule has 0 spiro atoms. The molecule has 0 aromatic heterocycles. The normalized spacial score (nSPS) is 11.2. The van der Waals surface area contributed by atoms with E-state index in [0.29, 0.717) is 0 Å². The summed E-state index contributed by atoms with van der Waals surface area (Å²) in [6.45, 7) is 0. The van der Waals surface area contributed by atoms with E-state index in [1.54, 1.807) is 0 Å². The van der Waals surface area contributed by atoms with Crippen LogP contribution in [0.1, 0.15) is 0 Å². The molecule has 0 aliphatic carbocycles. The molecule has 0 atom stereocenters. The summed E-state index contributed by atoms with van der Waals surface area (Å²) < 4.78 is 0. The van der Waals surface area contributed by atoms with Gasteiger partial charge < -0.3 is 9.80 Å². The van der Waals surface area contributed by atoms with Gasteiger partial charge in [-0.1, -0.05) is 133 Å². The van der Waals surface area contributed by atoms with Gasteiger partial charge in [-0.2, -0.15) is 0 Å². The Hall–Kier alpha value is -5.86. The van der Waals surface area contributed by atoms with Crippen LogP contribution in [-0.4, -0.2) is 0 Å². The Labute approximate surface area is 257 Å². The van der Waals surface area contributed by atoms with Crippen LogP contribution in [0.25, 0.3) is 32.3 Å². The Morgan fingerprint density at radius 3 is 0.955 bits per heavy atom. The maximum Gasteiger partial charge on any atom is 0.0541 e. The van der Waals surface area contributed by atoms with Gasteiger partial charge in [0.15, 0.2) is 0 Å². The zero-order chi connectivity index (χ0) is 29.3. The van der Waals surface area contributed by atoms with Crippen molar-refractivity contribution in [2.45, 2.75) is 0 Å². The predicted octanol–water partition coefficient (Wildman–Crippen LogP) is 12.1. The third kappa shape index (κ3) is 4.45. The molecule has 0 saturated carbocycles. The molecule has 0 amide bonds. The molecule has 208 valence electrons. The van der Waals surface area contributed by atoms with E-state index >= 15 is 0 Å². The summed E-state index contributed by atoms with van der Waals surface area (Å²) in [6.07, 6.45) is 0. The Balaban J connectivity index is 1.41. The Morgan fingerprint density at radius 2 is 0.523 bits per heavy atom. The molecule has 2 nitrogen and oxygen atoms in total. The molecule has 2 heteroatoms. The van der Waals surface area contributed by atoms with E-state index in [4.69, 9.17) is 0 Å². The van der Waals surface area contributed by atoms with Crippen LogP contribution in [0, 0.1) is 0 Å². The Bertz CT molecular complexity index is 2070. The van der Waals surface area contributed by atoms with E-state index in [1.807, 2.05) is 0 Å². The molecule has 8 aromatic rings. The van der Waals surface area contributed by atoms with Crippen LogP contribution in [-0.2, 0) is 0 Å². The Kier molecular flexibility index (Phi) is 6.51. The van der Waals surface area contributed by atoms with Gasteiger partial charge in [0, 0.05) is 32.9 Å². The molecule has 8 rings (SSSR count). The summed E-state index contributed by atoms with van der Waals surface area (Å²) >= 11 is 0. The highest BCUT2D eigenvalue weighted by atomic mass is 15.2. The SMILES string of the molecule is c1ccc(N(c2cccc3ccccc23)c2cccc3c(N(c4ccccc4)c4cccc5ccccc45)cccc23)cc1. The fourth-order valence-corrected chi connectivity index (χ4v) is 6.44. The van der Waals surface area contributed by atoms with Gasteiger partial charge in [0.05, 0.1) is 22.7 Å². The predicted molar refractivity (Wildman–Crippen MR) is 188 cm³/mol. The molecule has 0 aliphatic rings. The highest BCUT2D eigenvalue weighted by Gasteiger charge is 2.21. The summed E-state index contributed by atoms with van der Waals surface area (Å²) in [5, 5.41) is 7.24. The number of para-hydroxylation sites is 2. The molecule has 8 aromatic carbocycles. The minimum Gasteiger partial charge on any atom is -0.309 e. The Morgan fingerprint density at radius 1 is 0.227 bits per heavy atom. The van der Waals surface area contributed by atoms with E-state index in [9.17, 15) is 0 Å². The van der Waals surface area contributed by atoms with Crippen LogP contribution in [0.4, 0.5) is 34.1 Å². The van der Waals surface area contributed by atoms with Crippen LogP contribution >= 0.6 is 0 Å². The van der Waals surface area contributed by atoms with Gasteiger partial charge in [-0.25, -0.2) is 0 Å². The van der Waals surface area contributed by atoms with Crippen LogP contribution in [0.15, 0.2) is 182 Å². The quantitative estimate of drug-likeness (QED) is 0.199. The molecule has 44 heavy (non-hydrogen) atoms. The van der Waals surface area contributed by atoms with Crippen LogP contribution < -0.4 is 9.80 Å². The summed E-state index contributed by atoms with van der Waals surface area (Å²) in [5.41, 5.74) is 6.82. The van der Waals surface area contributed by atoms with Gasteiger partial charge in [-0.3, -0.25) is 0 Å². The minimum atomic E-state index is 1.12. The van der Waals surface area contributed by atoms with E-state index in [-0.39, 0.29) is 0 Å². The number of benzene rings is 8. The maximum absolute atomic E-state index is 2.40. The first-order valence-corrected chi connectivity index (χ1v) is 15.0. The summed E-state index contributed by atoms with van der Waals surface area (Å²) in [5.74, 6) is 0. The second-order valence-electron chi connectivity index (χ2n) is 11.0. The van der Waals surface area contributed by atoms with Gasteiger partial charge in [0.25, 0.3) is 0 Å². The number of hydrogen-bond acceptors (Lipinski definition) is 2. The van der Waals surface area contributed by atoms with Crippen molar-refractivity contribution in [1.82, 2.24) is 0 Å². The third-order valence-electron chi connectivity index (χ3n) is 8.40. The maximum atomic E-state index is 2.40. The summed E-state index contributed by atoms with van der Waals surface area (Å²) in [7, 11) is 0. The van der Waals surface area contributed by atoms with Crippen molar-refractivity contribution in [1.29, 1.82) is 0 Å². The first kappa shape index (κ1) is 25.8. The van der Waals surface area contributed by atoms with E-state index in [2.05, 4.69) is 192 Å². The highest BCUT2D eigenvalue weighted by molar-refractivity contribution is 6.10. The zero-order valence-corrected chi connectivity index (χ0v) is 24.2. The first-order valence-electron chi connectivity index (χ1n) is 15.0. The van der Waals surface area contributed by atoms with Crippen molar-refractivity contribution in [2.24, 2.45) is 0 Å². The van der Waals surface area contributed by atoms with Gasteiger partial charge >= 0.3 is 0 Å². The smallest absolute Gasteiger partial charge is 0.0541 e. The largest absolute Gasteiger partial charge is 0.309 e. The monoisotopic (exact) mass is 562 g/mol. The van der Waals surface area contributed by atoms with Gasteiger partial charge in [-0.05, 0) is 59.3 Å². The fourth-order valence-electron chi connectivity index (χ4n) is 6.44. The van der Waals surface area contributed by atoms with Gasteiger partial charge in [-0.15, -0.1) is 0 Å². The first-order chi connectivity index (χ1) is 21.9. The molecular formula is C42H30N2. The molecule has 0 radical (unpaired) electrons. The fraction of sp³-hybridized carbons (Fsp3) is 0. The van der Waals surface area contributed by atoms with Gasteiger partial charge in [0.1, 0.15) is 0 Å². The van der Waals surface area contributed by atoms with E-state index in [1.165, 1.54) is 32.3 Å². The third-order valence-corrected chi connectivity index (χ3v) is 8.40. The van der Waals surface area contributed by atoms with Crippen LogP contribution in [0.3, 0.4) is 0 Å². The number of anilines is 6.